The number of anilines is 3. The van der Waals surface area contributed by atoms with Crippen LogP contribution in [0.15, 0.2) is 59.2 Å². The summed E-state index contributed by atoms with van der Waals surface area (Å²) in [6.07, 6.45) is 1.58. The first-order chi connectivity index (χ1) is 13.5. The van der Waals surface area contributed by atoms with Crippen LogP contribution in [0.5, 0.6) is 11.6 Å². The van der Waals surface area contributed by atoms with Crippen molar-refractivity contribution in [2.24, 2.45) is 0 Å². The highest BCUT2D eigenvalue weighted by Crippen LogP contribution is 2.31. The van der Waals surface area contributed by atoms with Crippen molar-refractivity contribution >= 4 is 39.2 Å². The first kappa shape index (κ1) is 19.6. The third-order valence-corrected chi connectivity index (χ3v) is 4.39. The number of aromatic nitrogens is 2. The number of carbonyl (C=O) groups is 1. The van der Waals surface area contributed by atoms with Gasteiger partial charge in [0, 0.05) is 25.5 Å². The Bertz CT molecular complexity index is 977. The summed E-state index contributed by atoms with van der Waals surface area (Å²) in [6, 6.07) is 14.7. The number of hydrogen-bond donors (Lipinski definition) is 1. The number of nitrogens with zero attached hydrogens (tertiary/aromatic N) is 3. The van der Waals surface area contributed by atoms with E-state index in [0.717, 1.165) is 11.4 Å². The van der Waals surface area contributed by atoms with Crippen LogP contribution < -0.4 is 15.0 Å². The number of methoxy groups -OCH3 is 1. The van der Waals surface area contributed by atoms with Gasteiger partial charge in [-0.3, -0.25) is 0 Å². The zero-order valence-electron chi connectivity index (χ0n) is 15.6. The van der Waals surface area contributed by atoms with Gasteiger partial charge in [0.2, 0.25) is 11.8 Å². The second kappa shape index (κ2) is 8.71. The Morgan fingerprint density at radius 1 is 1.11 bits per heavy atom. The fourth-order valence-electron chi connectivity index (χ4n) is 2.39. The molecule has 3 aromatic rings. The van der Waals surface area contributed by atoms with Gasteiger partial charge in [0.15, 0.2) is 0 Å². The van der Waals surface area contributed by atoms with Gasteiger partial charge in [-0.15, -0.1) is 0 Å². The first-order valence-corrected chi connectivity index (χ1v) is 9.19. The van der Waals surface area contributed by atoms with E-state index in [0.29, 0.717) is 21.7 Å². The van der Waals surface area contributed by atoms with Crippen molar-refractivity contribution < 1.29 is 14.3 Å². The lowest BCUT2D eigenvalue weighted by Gasteiger charge is -2.14. The zero-order chi connectivity index (χ0) is 20.1. The Morgan fingerprint density at radius 3 is 2.50 bits per heavy atom. The van der Waals surface area contributed by atoms with Crippen LogP contribution in [0.25, 0.3) is 0 Å². The van der Waals surface area contributed by atoms with Crippen LogP contribution in [0.4, 0.5) is 17.3 Å². The van der Waals surface area contributed by atoms with E-state index in [2.05, 4.69) is 31.2 Å². The second-order valence-electron chi connectivity index (χ2n) is 6.00. The molecular weight excluding hydrogens is 424 g/mol. The minimum Gasteiger partial charge on any atom is -0.465 e. The molecule has 0 aliphatic heterocycles. The number of halogens is 1. The third kappa shape index (κ3) is 4.58. The van der Waals surface area contributed by atoms with Crippen molar-refractivity contribution in [3.05, 3.63) is 64.8 Å². The summed E-state index contributed by atoms with van der Waals surface area (Å²) in [7, 11) is 5.29. The van der Waals surface area contributed by atoms with Gasteiger partial charge in [-0.25, -0.2) is 9.78 Å². The monoisotopic (exact) mass is 442 g/mol. The van der Waals surface area contributed by atoms with Gasteiger partial charge in [0.25, 0.3) is 0 Å². The molecule has 1 N–H and O–H groups in total. The Morgan fingerprint density at radius 2 is 1.82 bits per heavy atom. The summed E-state index contributed by atoms with van der Waals surface area (Å²) in [6.45, 7) is 0. The zero-order valence-corrected chi connectivity index (χ0v) is 17.2. The topological polar surface area (TPSA) is 76.6 Å². The Balaban J connectivity index is 1.83. The minimum absolute atomic E-state index is 0.277. The smallest absolute Gasteiger partial charge is 0.341 e. The van der Waals surface area contributed by atoms with E-state index in [4.69, 9.17) is 9.47 Å². The van der Waals surface area contributed by atoms with Crippen LogP contribution in [0.1, 0.15) is 10.4 Å². The van der Waals surface area contributed by atoms with E-state index in [9.17, 15) is 4.79 Å². The molecule has 0 fully saturated rings. The lowest BCUT2D eigenvalue weighted by Crippen LogP contribution is -2.08. The summed E-state index contributed by atoms with van der Waals surface area (Å²) >= 11 is 3.38. The number of rotatable bonds is 6. The van der Waals surface area contributed by atoms with E-state index >= 15 is 0 Å². The van der Waals surface area contributed by atoms with Crippen LogP contribution in [0.2, 0.25) is 0 Å². The minimum atomic E-state index is -0.486. The maximum Gasteiger partial charge on any atom is 0.341 e. The molecule has 0 aliphatic carbocycles. The highest BCUT2D eigenvalue weighted by Gasteiger charge is 2.15. The lowest BCUT2D eigenvalue weighted by atomic mass is 10.2. The van der Waals surface area contributed by atoms with Crippen LogP contribution in [-0.2, 0) is 4.74 Å². The van der Waals surface area contributed by atoms with Gasteiger partial charge in [-0.1, -0.05) is 12.1 Å². The molecule has 0 aliphatic rings. The van der Waals surface area contributed by atoms with Crippen molar-refractivity contribution in [3.8, 4) is 11.6 Å². The van der Waals surface area contributed by atoms with Gasteiger partial charge in [0.05, 0.1) is 17.8 Å². The number of para-hydroxylation sites is 1. The predicted octanol–water partition coefficient (Wildman–Crippen LogP) is 4.63. The summed E-state index contributed by atoms with van der Waals surface area (Å²) in [4.78, 5) is 22.6. The molecule has 0 radical (unpaired) electrons. The van der Waals surface area contributed by atoms with E-state index in [1.165, 1.54) is 7.11 Å². The average molecular weight is 443 g/mol. The van der Waals surface area contributed by atoms with Gasteiger partial charge in [-0.05, 0) is 52.3 Å². The van der Waals surface area contributed by atoms with Crippen molar-refractivity contribution in [2.45, 2.75) is 0 Å². The standard InChI is InChI=1S/C20H19BrN4O3/c1-25(2)14-10-8-13(9-11-14)23-20-22-12-16(21)18(24-20)28-17-7-5-4-6-15(17)19(26)27-3/h4-12H,1-3H3,(H,22,23,24). The maximum absolute atomic E-state index is 11.9. The molecule has 3 rings (SSSR count). The normalized spacial score (nSPS) is 10.3. The molecule has 144 valence electrons. The molecular formula is C20H19BrN4O3. The summed E-state index contributed by atoms with van der Waals surface area (Å²) in [5.74, 6) is 0.500. The molecule has 1 aromatic heterocycles. The summed E-state index contributed by atoms with van der Waals surface area (Å²) in [5.41, 5.74) is 2.24. The Labute approximate surface area is 171 Å². The molecule has 28 heavy (non-hydrogen) atoms. The molecule has 0 unspecified atom stereocenters. The van der Waals surface area contributed by atoms with Crippen molar-refractivity contribution in [1.29, 1.82) is 0 Å². The number of carbonyl (C=O) groups excluding carboxylic acids is 1. The van der Waals surface area contributed by atoms with Gasteiger partial charge >= 0.3 is 5.97 Å². The molecule has 0 bridgehead atoms. The SMILES string of the molecule is COC(=O)c1ccccc1Oc1nc(Nc2ccc(N(C)C)cc2)ncc1Br. The molecule has 0 atom stereocenters. The number of hydrogen-bond acceptors (Lipinski definition) is 7. The van der Waals surface area contributed by atoms with E-state index in [-0.39, 0.29) is 5.88 Å². The van der Waals surface area contributed by atoms with Gasteiger partial charge < -0.3 is 19.7 Å². The van der Waals surface area contributed by atoms with Gasteiger partial charge in [0.1, 0.15) is 11.3 Å². The number of esters is 1. The predicted molar refractivity (Wildman–Crippen MR) is 112 cm³/mol. The molecule has 1 heterocycles. The lowest BCUT2D eigenvalue weighted by molar-refractivity contribution is 0.0598. The summed E-state index contributed by atoms with van der Waals surface area (Å²) in [5, 5.41) is 3.14. The summed E-state index contributed by atoms with van der Waals surface area (Å²) < 4.78 is 11.2. The third-order valence-electron chi connectivity index (χ3n) is 3.85. The molecule has 8 heteroatoms. The second-order valence-corrected chi connectivity index (χ2v) is 6.86. The molecule has 0 spiro atoms. The highest BCUT2D eigenvalue weighted by molar-refractivity contribution is 9.10. The quantitative estimate of drug-likeness (QED) is 0.557. The maximum atomic E-state index is 11.9. The molecule has 0 saturated heterocycles. The van der Waals surface area contributed by atoms with Crippen LogP contribution in [-0.4, -0.2) is 37.1 Å². The van der Waals surface area contributed by atoms with E-state index in [1.54, 1.807) is 30.5 Å². The first-order valence-electron chi connectivity index (χ1n) is 8.40. The van der Waals surface area contributed by atoms with Crippen LogP contribution in [0.3, 0.4) is 0 Å². The largest absolute Gasteiger partial charge is 0.465 e. The Hall–Kier alpha value is -3.13. The molecule has 0 amide bonds. The number of benzene rings is 2. The Kier molecular flexibility index (Phi) is 6.10. The van der Waals surface area contributed by atoms with Crippen LogP contribution >= 0.6 is 15.9 Å². The fraction of sp³-hybridized carbons (Fsp3) is 0.150. The van der Waals surface area contributed by atoms with Crippen molar-refractivity contribution in [1.82, 2.24) is 9.97 Å². The van der Waals surface area contributed by atoms with Gasteiger partial charge in [-0.2, -0.15) is 4.98 Å². The average Bonchev–Trinajstić information content (AvgIpc) is 2.70. The number of ether oxygens (including phenoxy) is 2. The molecule has 2 aromatic carbocycles. The van der Waals surface area contributed by atoms with Crippen LogP contribution in [0, 0.1) is 0 Å². The van der Waals surface area contributed by atoms with Crippen molar-refractivity contribution in [2.75, 3.05) is 31.4 Å². The van der Waals surface area contributed by atoms with E-state index < -0.39 is 5.97 Å². The number of nitrogens with one attached hydrogen (secondary N) is 1. The van der Waals surface area contributed by atoms with Crippen molar-refractivity contribution in [3.63, 3.8) is 0 Å². The highest BCUT2D eigenvalue weighted by atomic mass is 79.9. The molecule has 0 saturated carbocycles. The molecule has 7 nitrogen and oxygen atoms in total. The fourth-order valence-corrected chi connectivity index (χ4v) is 2.67. The van der Waals surface area contributed by atoms with E-state index in [1.807, 2.05) is 43.3 Å².